The van der Waals surface area contributed by atoms with E-state index in [4.69, 9.17) is 0 Å². The van der Waals surface area contributed by atoms with Gasteiger partial charge in [0.15, 0.2) is 0 Å². The van der Waals surface area contributed by atoms with E-state index in [1.165, 1.54) is 6.07 Å². The number of carbonyl (C=O) groups excluding carboxylic acids is 3. The standard InChI is InChI=1S/C14H14FNO6/c1-20-12(17)7-11(14(19)22-3)16-8-4-5-10(15)9(6-8)13(18)21-2/h4-7,16H,1-3H3/b11-7+. The number of methoxy groups -OCH3 is 3. The second-order valence-corrected chi connectivity index (χ2v) is 3.88. The molecule has 1 rings (SSSR count). The van der Waals surface area contributed by atoms with Crippen molar-refractivity contribution in [1.82, 2.24) is 0 Å². The maximum atomic E-state index is 13.5. The number of anilines is 1. The van der Waals surface area contributed by atoms with Crippen molar-refractivity contribution in [2.75, 3.05) is 26.6 Å². The monoisotopic (exact) mass is 311 g/mol. The Kier molecular flexibility index (Phi) is 6.06. The molecule has 0 radical (unpaired) electrons. The van der Waals surface area contributed by atoms with Crippen LogP contribution in [0.3, 0.4) is 0 Å². The van der Waals surface area contributed by atoms with Gasteiger partial charge in [-0.1, -0.05) is 0 Å². The molecular weight excluding hydrogens is 297 g/mol. The average Bonchev–Trinajstić information content (AvgIpc) is 2.54. The van der Waals surface area contributed by atoms with Crippen LogP contribution in [0.2, 0.25) is 0 Å². The van der Waals surface area contributed by atoms with E-state index in [1.807, 2.05) is 0 Å². The van der Waals surface area contributed by atoms with Crippen molar-refractivity contribution < 1.29 is 33.0 Å². The summed E-state index contributed by atoms with van der Waals surface area (Å²) < 4.78 is 26.9. The Balaban J connectivity index is 3.14. The third kappa shape index (κ3) is 4.30. The lowest BCUT2D eigenvalue weighted by Crippen LogP contribution is -2.16. The summed E-state index contributed by atoms with van der Waals surface area (Å²) in [6.45, 7) is 0. The lowest BCUT2D eigenvalue weighted by molar-refractivity contribution is -0.138. The van der Waals surface area contributed by atoms with Gasteiger partial charge in [0, 0.05) is 5.69 Å². The minimum Gasteiger partial charge on any atom is -0.466 e. The summed E-state index contributed by atoms with van der Waals surface area (Å²) in [7, 11) is 3.37. The third-order valence-electron chi connectivity index (χ3n) is 2.52. The molecule has 0 saturated heterocycles. The second-order valence-electron chi connectivity index (χ2n) is 3.88. The van der Waals surface area contributed by atoms with Crippen molar-refractivity contribution in [3.8, 4) is 0 Å². The van der Waals surface area contributed by atoms with E-state index in [2.05, 4.69) is 19.5 Å². The molecule has 0 spiro atoms. The van der Waals surface area contributed by atoms with Crippen molar-refractivity contribution in [3.05, 3.63) is 41.4 Å². The topological polar surface area (TPSA) is 90.9 Å². The molecule has 0 unspecified atom stereocenters. The Labute approximate surface area is 125 Å². The second kappa shape index (κ2) is 7.77. The first-order valence-corrected chi connectivity index (χ1v) is 5.95. The van der Waals surface area contributed by atoms with Crippen LogP contribution in [0.15, 0.2) is 30.0 Å². The Morgan fingerprint density at radius 2 is 1.77 bits per heavy atom. The number of ether oxygens (including phenoxy) is 3. The number of nitrogens with one attached hydrogen (secondary N) is 1. The number of carbonyl (C=O) groups is 3. The molecule has 118 valence electrons. The molecule has 0 fully saturated rings. The van der Waals surface area contributed by atoms with Gasteiger partial charge >= 0.3 is 17.9 Å². The number of rotatable bonds is 5. The van der Waals surface area contributed by atoms with Crippen LogP contribution in [0, 0.1) is 5.82 Å². The highest BCUT2D eigenvalue weighted by molar-refractivity contribution is 5.99. The minimum absolute atomic E-state index is 0.183. The van der Waals surface area contributed by atoms with E-state index in [0.29, 0.717) is 0 Å². The molecule has 0 aliphatic carbocycles. The predicted octanol–water partition coefficient (Wildman–Crippen LogP) is 1.25. The molecule has 0 aliphatic heterocycles. The maximum Gasteiger partial charge on any atom is 0.354 e. The quantitative estimate of drug-likeness (QED) is 0.497. The van der Waals surface area contributed by atoms with Crippen LogP contribution >= 0.6 is 0 Å². The van der Waals surface area contributed by atoms with Gasteiger partial charge in [0.2, 0.25) is 0 Å². The van der Waals surface area contributed by atoms with Gasteiger partial charge in [0.05, 0.1) is 33.0 Å². The van der Waals surface area contributed by atoms with Gasteiger partial charge in [-0.15, -0.1) is 0 Å². The maximum absolute atomic E-state index is 13.5. The molecule has 0 saturated carbocycles. The van der Waals surface area contributed by atoms with Gasteiger partial charge in [-0.05, 0) is 18.2 Å². The Bertz CT molecular complexity index is 626. The zero-order chi connectivity index (χ0) is 16.7. The molecule has 1 N–H and O–H groups in total. The van der Waals surface area contributed by atoms with Crippen LogP contribution in [0.1, 0.15) is 10.4 Å². The molecule has 1 aromatic carbocycles. The molecule has 22 heavy (non-hydrogen) atoms. The molecule has 0 aliphatic rings. The number of hydrogen-bond acceptors (Lipinski definition) is 7. The number of benzene rings is 1. The zero-order valence-electron chi connectivity index (χ0n) is 12.1. The molecule has 0 atom stereocenters. The summed E-state index contributed by atoms with van der Waals surface area (Å²) in [4.78, 5) is 34.2. The Morgan fingerprint density at radius 1 is 1.09 bits per heavy atom. The predicted molar refractivity (Wildman–Crippen MR) is 73.5 cm³/mol. The van der Waals surface area contributed by atoms with Crippen molar-refractivity contribution in [2.45, 2.75) is 0 Å². The van der Waals surface area contributed by atoms with E-state index in [0.717, 1.165) is 39.5 Å². The average molecular weight is 311 g/mol. The first-order chi connectivity index (χ1) is 10.4. The fraction of sp³-hybridized carbons (Fsp3) is 0.214. The molecule has 1 aromatic rings. The van der Waals surface area contributed by atoms with Crippen molar-refractivity contribution in [3.63, 3.8) is 0 Å². The summed E-state index contributed by atoms with van der Waals surface area (Å²) >= 11 is 0. The van der Waals surface area contributed by atoms with Crippen LogP contribution in [-0.4, -0.2) is 39.2 Å². The molecule has 0 bridgehead atoms. The smallest absolute Gasteiger partial charge is 0.354 e. The third-order valence-corrected chi connectivity index (χ3v) is 2.52. The summed E-state index contributed by atoms with van der Waals surface area (Å²) in [6.07, 6.45) is 0.868. The van der Waals surface area contributed by atoms with Gasteiger partial charge in [-0.3, -0.25) is 0 Å². The highest BCUT2D eigenvalue weighted by atomic mass is 19.1. The first-order valence-electron chi connectivity index (χ1n) is 5.95. The van der Waals surface area contributed by atoms with Crippen molar-refractivity contribution in [1.29, 1.82) is 0 Å². The zero-order valence-corrected chi connectivity index (χ0v) is 12.1. The summed E-state index contributed by atoms with van der Waals surface area (Å²) in [6, 6.07) is 3.42. The summed E-state index contributed by atoms with van der Waals surface area (Å²) in [5.41, 5.74) is -0.381. The Hall–Kier alpha value is -2.90. The van der Waals surface area contributed by atoms with E-state index >= 15 is 0 Å². The van der Waals surface area contributed by atoms with Gasteiger partial charge < -0.3 is 19.5 Å². The molecular formula is C14H14FNO6. The molecule has 0 amide bonds. The van der Waals surface area contributed by atoms with Crippen LogP contribution in [-0.2, 0) is 23.8 Å². The van der Waals surface area contributed by atoms with Gasteiger partial charge in [-0.25, -0.2) is 18.8 Å². The van der Waals surface area contributed by atoms with Gasteiger partial charge in [0.25, 0.3) is 0 Å². The lowest BCUT2D eigenvalue weighted by atomic mass is 10.2. The first kappa shape index (κ1) is 17.2. The summed E-state index contributed by atoms with van der Waals surface area (Å²) in [5.74, 6) is -3.29. The fourth-order valence-electron chi connectivity index (χ4n) is 1.46. The summed E-state index contributed by atoms with van der Waals surface area (Å²) in [5, 5.41) is 2.55. The number of esters is 3. The minimum atomic E-state index is -0.877. The van der Waals surface area contributed by atoms with Crippen LogP contribution in [0.5, 0.6) is 0 Å². The molecule has 7 nitrogen and oxygen atoms in total. The van der Waals surface area contributed by atoms with Crippen molar-refractivity contribution in [2.24, 2.45) is 0 Å². The normalized spacial score (nSPS) is 10.6. The van der Waals surface area contributed by atoms with Crippen LogP contribution in [0.25, 0.3) is 0 Å². The lowest BCUT2D eigenvalue weighted by Gasteiger charge is -2.10. The van der Waals surface area contributed by atoms with E-state index in [1.54, 1.807) is 0 Å². The number of halogens is 1. The van der Waals surface area contributed by atoms with E-state index in [-0.39, 0.29) is 16.9 Å². The highest BCUT2D eigenvalue weighted by Gasteiger charge is 2.16. The van der Waals surface area contributed by atoms with Gasteiger partial charge in [0.1, 0.15) is 11.5 Å². The van der Waals surface area contributed by atoms with Gasteiger partial charge in [-0.2, -0.15) is 0 Å². The van der Waals surface area contributed by atoms with E-state index < -0.39 is 23.7 Å². The molecule has 8 heteroatoms. The van der Waals surface area contributed by atoms with Crippen LogP contribution in [0.4, 0.5) is 10.1 Å². The van der Waals surface area contributed by atoms with Crippen LogP contribution < -0.4 is 5.32 Å². The fourth-order valence-corrected chi connectivity index (χ4v) is 1.46. The van der Waals surface area contributed by atoms with Crippen molar-refractivity contribution >= 4 is 23.6 Å². The number of hydrogen-bond donors (Lipinski definition) is 1. The largest absolute Gasteiger partial charge is 0.466 e. The molecule has 0 aromatic heterocycles. The highest BCUT2D eigenvalue weighted by Crippen LogP contribution is 2.17. The Morgan fingerprint density at radius 3 is 2.32 bits per heavy atom. The SMILES string of the molecule is COC(=O)/C=C(/Nc1ccc(F)c(C(=O)OC)c1)C(=O)OC. The molecule has 0 heterocycles. The van der Waals surface area contributed by atoms with E-state index in [9.17, 15) is 18.8 Å².